The quantitative estimate of drug-likeness (QED) is 0.395. The molecule has 1 heterocycles. The fraction of sp³-hybridized carbons (Fsp3) is 0.812. The highest BCUT2D eigenvalue weighted by atomic mass is 16.6. The van der Waals surface area contributed by atoms with Gasteiger partial charge in [0.15, 0.2) is 0 Å². The molecule has 0 aromatic heterocycles. The molecule has 0 aliphatic carbocycles. The lowest BCUT2D eigenvalue weighted by Crippen LogP contribution is -2.40. The van der Waals surface area contributed by atoms with Crippen LogP contribution in [0.5, 0.6) is 0 Å². The van der Waals surface area contributed by atoms with Gasteiger partial charge in [-0.3, -0.25) is 4.79 Å². The Labute approximate surface area is 126 Å². The SMILES string of the molecule is CCCCCCCC1OC(=O)CCC(O)/C=C\C(O)C1O. The lowest BCUT2D eigenvalue weighted by molar-refractivity contribution is -0.160. The summed E-state index contributed by atoms with van der Waals surface area (Å²) in [6, 6.07) is 0. The first kappa shape index (κ1) is 18.1. The Kier molecular flexibility index (Phi) is 8.57. The number of carbonyl (C=O) groups excluding carboxylic acids is 1. The summed E-state index contributed by atoms with van der Waals surface area (Å²) in [5.41, 5.74) is 0. The van der Waals surface area contributed by atoms with Crippen molar-refractivity contribution in [2.75, 3.05) is 0 Å². The third-order valence-electron chi connectivity index (χ3n) is 3.78. The lowest BCUT2D eigenvalue weighted by atomic mass is 9.99. The fourth-order valence-electron chi connectivity index (χ4n) is 2.41. The summed E-state index contributed by atoms with van der Waals surface area (Å²) in [6.45, 7) is 2.14. The molecule has 0 bridgehead atoms. The van der Waals surface area contributed by atoms with Gasteiger partial charge in [0.2, 0.25) is 0 Å². The molecule has 122 valence electrons. The molecular formula is C16H28O5. The Hall–Kier alpha value is -0.910. The van der Waals surface area contributed by atoms with Crippen molar-refractivity contribution < 1.29 is 24.9 Å². The van der Waals surface area contributed by atoms with Gasteiger partial charge in [-0.25, -0.2) is 0 Å². The second kappa shape index (κ2) is 9.92. The highest BCUT2D eigenvalue weighted by molar-refractivity contribution is 5.69. The molecule has 4 atom stereocenters. The second-order valence-corrected chi connectivity index (χ2v) is 5.70. The number of unbranched alkanes of at least 4 members (excludes halogenated alkanes) is 4. The Balaban J connectivity index is 2.56. The van der Waals surface area contributed by atoms with Gasteiger partial charge >= 0.3 is 5.97 Å². The molecule has 1 aliphatic rings. The van der Waals surface area contributed by atoms with Crippen molar-refractivity contribution in [1.29, 1.82) is 0 Å². The van der Waals surface area contributed by atoms with Crippen molar-refractivity contribution in [3.05, 3.63) is 12.2 Å². The van der Waals surface area contributed by atoms with Crippen molar-refractivity contribution in [2.24, 2.45) is 0 Å². The Morgan fingerprint density at radius 1 is 1.14 bits per heavy atom. The first-order valence-corrected chi connectivity index (χ1v) is 7.96. The zero-order valence-corrected chi connectivity index (χ0v) is 12.8. The third kappa shape index (κ3) is 7.07. The maximum Gasteiger partial charge on any atom is 0.306 e. The topological polar surface area (TPSA) is 87.0 Å². The standard InChI is InChI=1S/C16H28O5/c1-2-3-4-5-6-7-14-16(20)13(18)10-8-12(17)9-11-15(19)21-14/h8,10,12-14,16-18,20H,2-7,9,11H2,1H3/b10-8-. The molecule has 1 aliphatic heterocycles. The number of aliphatic hydroxyl groups excluding tert-OH is 3. The van der Waals surface area contributed by atoms with Crippen LogP contribution in [0.1, 0.15) is 58.3 Å². The van der Waals surface area contributed by atoms with Crippen LogP contribution >= 0.6 is 0 Å². The van der Waals surface area contributed by atoms with E-state index in [0.717, 1.165) is 25.7 Å². The van der Waals surface area contributed by atoms with Gasteiger partial charge in [0.1, 0.15) is 18.3 Å². The number of hydrogen-bond acceptors (Lipinski definition) is 5. The number of ether oxygens (including phenoxy) is 1. The molecule has 5 heteroatoms. The zero-order valence-electron chi connectivity index (χ0n) is 12.8. The van der Waals surface area contributed by atoms with Crippen LogP contribution < -0.4 is 0 Å². The van der Waals surface area contributed by atoms with Gasteiger partial charge < -0.3 is 20.1 Å². The van der Waals surface area contributed by atoms with E-state index in [9.17, 15) is 20.1 Å². The van der Waals surface area contributed by atoms with Crippen molar-refractivity contribution in [2.45, 2.75) is 82.7 Å². The average Bonchev–Trinajstić information content (AvgIpc) is 2.47. The molecule has 0 saturated carbocycles. The molecular weight excluding hydrogens is 272 g/mol. The maximum absolute atomic E-state index is 11.7. The Morgan fingerprint density at radius 2 is 1.86 bits per heavy atom. The summed E-state index contributed by atoms with van der Waals surface area (Å²) in [7, 11) is 0. The number of esters is 1. The number of aliphatic hydroxyl groups is 3. The van der Waals surface area contributed by atoms with E-state index in [1.165, 1.54) is 18.6 Å². The molecule has 0 radical (unpaired) electrons. The molecule has 1 rings (SSSR count). The molecule has 0 fully saturated rings. The van der Waals surface area contributed by atoms with Crippen molar-refractivity contribution in [1.82, 2.24) is 0 Å². The van der Waals surface area contributed by atoms with E-state index in [4.69, 9.17) is 4.74 Å². The van der Waals surface area contributed by atoms with E-state index < -0.39 is 30.4 Å². The van der Waals surface area contributed by atoms with E-state index in [2.05, 4.69) is 6.92 Å². The minimum absolute atomic E-state index is 0.112. The highest BCUT2D eigenvalue weighted by Gasteiger charge is 2.29. The summed E-state index contributed by atoms with van der Waals surface area (Å²) >= 11 is 0. The molecule has 0 amide bonds. The molecule has 0 aromatic rings. The Bertz CT molecular complexity index is 329. The maximum atomic E-state index is 11.7. The molecule has 5 nitrogen and oxygen atoms in total. The molecule has 4 unspecified atom stereocenters. The van der Waals surface area contributed by atoms with Gasteiger partial charge in [0.05, 0.1) is 6.10 Å². The molecule has 0 aromatic carbocycles. The van der Waals surface area contributed by atoms with Crippen LogP contribution in [0.4, 0.5) is 0 Å². The van der Waals surface area contributed by atoms with Gasteiger partial charge in [0, 0.05) is 6.42 Å². The second-order valence-electron chi connectivity index (χ2n) is 5.70. The van der Waals surface area contributed by atoms with Crippen LogP contribution in [0.25, 0.3) is 0 Å². The van der Waals surface area contributed by atoms with E-state index in [1.807, 2.05) is 0 Å². The van der Waals surface area contributed by atoms with Crippen molar-refractivity contribution >= 4 is 5.97 Å². The van der Waals surface area contributed by atoms with Gasteiger partial charge in [0.25, 0.3) is 0 Å². The minimum Gasteiger partial charge on any atom is -0.459 e. The van der Waals surface area contributed by atoms with E-state index in [-0.39, 0.29) is 12.8 Å². The molecule has 0 spiro atoms. The number of carbonyl (C=O) groups is 1. The Morgan fingerprint density at radius 3 is 2.57 bits per heavy atom. The normalized spacial score (nSPS) is 32.5. The fourth-order valence-corrected chi connectivity index (χ4v) is 2.41. The first-order valence-electron chi connectivity index (χ1n) is 7.96. The first-order chi connectivity index (χ1) is 10.0. The summed E-state index contributed by atoms with van der Waals surface area (Å²) < 4.78 is 5.27. The van der Waals surface area contributed by atoms with Gasteiger partial charge in [-0.1, -0.05) is 44.8 Å². The van der Waals surface area contributed by atoms with Crippen LogP contribution in [0.15, 0.2) is 12.2 Å². The third-order valence-corrected chi connectivity index (χ3v) is 3.78. The van der Waals surface area contributed by atoms with Crippen molar-refractivity contribution in [3.8, 4) is 0 Å². The number of hydrogen-bond donors (Lipinski definition) is 3. The van der Waals surface area contributed by atoms with Gasteiger partial charge in [-0.2, -0.15) is 0 Å². The largest absolute Gasteiger partial charge is 0.459 e. The average molecular weight is 300 g/mol. The number of rotatable bonds is 6. The molecule has 0 saturated heterocycles. The van der Waals surface area contributed by atoms with Crippen LogP contribution in [0.3, 0.4) is 0 Å². The van der Waals surface area contributed by atoms with Crippen LogP contribution in [-0.4, -0.2) is 45.7 Å². The van der Waals surface area contributed by atoms with E-state index in [0.29, 0.717) is 6.42 Å². The molecule has 21 heavy (non-hydrogen) atoms. The minimum atomic E-state index is -1.15. The van der Waals surface area contributed by atoms with Gasteiger partial charge in [-0.15, -0.1) is 0 Å². The van der Waals surface area contributed by atoms with Crippen LogP contribution in [-0.2, 0) is 9.53 Å². The van der Waals surface area contributed by atoms with Crippen LogP contribution in [0, 0.1) is 0 Å². The smallest absolute Gasteiger partial charge is 0.306 e. The highest BCUT2D eigenvalue weighted by Crippen LogP contribution is 2.18. The van der Waals surface area contributed by atoms with Crippen molar-refractivity contribution in [3.63, 3.8) is 0 Å². The predicted octanol–water partition coefficient (Wildman–Crippen LogP) is 1.69. The lowest BCUT2D eigenvalue weighted by Gasteiger charge is -2.26. The predicted molar refractivity (Wildman–Crippen MR) is 79.7 cm³/mol. The summed E-state index contributed by atoms with van der Waals surface area (Å²) in [5.74, 6) is -0.436. The van der Waals surface area contributed by atoms with E-state index >= 15 is 0 Å². The summed E-state index contributed by atoms with van der Waals surface area (Å²) in [5, 5.41) is 29.5. The monoisotopic (exact) mass is 300 g/mol. The zero-order chi connectivity index (χ0) is 15.7. The molecule has 3 N–H and O–H groups in total. The summed E-state index contributed by atoms with van der Waals surface area (Å²) in [4.78, 5) is 11.7. The van der Waals surface area contributed by atoms with Crippen LogP contribution in [0.2, 0.25) is 0 Å². The summed E-state index contributed by atoms with van der Waals surface area (Å²) in [6.07, 6.45) is 5.29. The van der Waals surface area contributed by atoms with Gasteiger partial charge in [-0.05, 0) is 19.3 Å². The van der Waals surface area contributed by atoms with E-state index in [1.54, 1.807) is 0 Å². The number of cyclic esters (lactones) is 1.